The Morgan fingerprint density at radius 2 is 1.79 bits per heavy atom. The van der Waals surface area contributed by atoms with Crippen molar-refractivity contribution in [2.45, 2.75) is 40.0 Å². The van der Waals surface area contributed by atoms with Crippen molar-refractivity contribution in [3.63, 3.8) is 0 Å². The van der Waals surface area contributed by atoms with Gasteiger partial charge in [-0.1, -0.05) is 6.92 Å². The molecule has 0 fully saturated rings. The lowest BCUT2D eigenvalue weighted by Crippen LogP contribution is -2.20. The Morgan fingerprint density at radius 1 is 1.12 bits per heavy atom. The summed E-state index contributed by atoms with van der Waals surface area (Å²) < 4.78 is 4.80. The van der Waals surface area contributed by atoms with Crippen LogP contribution in [-0.2, 0) is 14.3 Å². The van der Waals surface area contributed by atoms with Gasteiger partial charge >= 0.3 is 5.97 Å². The number of ether oxygens (including phenoxy) is 1. The van der Waals surface area contributed by atoms with E-state index in [0.717, 1.165) is 6.42 Å². The van der Waals surface area contributed by atoms with Gasteiger partial charge in [-0.15, -0.1) is 0 Å². The van der Waals surface area contributed by atoms with Crippen LogP contribution in [0.2, 0.25) is 0 Å². The molecule has 1 aromatic rings. The van der Waals surface area contributed by atoms with Gasteiger partial charge in [0, 0.05) is 23.4 Å². The Bertz CT molecular complexity index is 609. The van der Waals surface area contributed by atoms with Gasteiger partial charge in [0.05, 0.1) is 13.0 Å². The average Bonchev–Trinajstić information content (AvgIpc) is 2.53. The van der Waals surface area contributed by atoms with E-state index in [2.05, 4.69) is 15.8 Å². The van der Waals surface area contributed by atoms with Crippen LogP contribution >= 0.6 is 0 Å². The van der Waals surface area contributed by atoms with Crippen LogP contribution in [0, 0.1) is 0 Å². The smallest absolute Gasteiger partial charge is 0.311 e. The van der Waals surface area contributed by atoms with Gasteiger partial charge in [0.15, 0.2) is 0 Å². The first-order valence-corrected chi connectivity index (χ1v) is 7.85. The molecule has 1 rings (SSSR count). The molecule has 0 aliphatic rings. The summed E-state index contributed by atoms with van der Waals surface area (Å²) in [6.45, 7) is 5.58. The molecule has 0 aliphatic heterocycles. The van der Waals surface area contributed by atoms with E-state index < -0.39 is 5.91 Å². The summed E-state index contributed by atoms with van der Waals surface area (Å²) >= 11 is 0. The number of benzene rings is 1. The number of anilines is 1. The van der Waals surface area contributed by atoms with Gasteiger partial charge in [-0.25, -0.2) is 5.43 Å². The highest BCUT2D eigenvalue weighted by molar-refractivity contribution is 6.00. The molecule has 2 amide bonds. The van der Waals surface area contributed by atoms with Crippen LogP contribution in [0.25, 0.3) is 0 Å². The zero-order chi connectivity index (χ0) is 17.9. The first kappa shape index (κ1) is 19.3. The van der Waals surface area contributed by atoms with Crippen LogP contribution in [0.3, 0.4) is 0 Å². The van der Waals surface area contributed by atoms with Crippen molar-refractivity contribution in [3.8, 4) is 0 Å². The van der Waals surface area contributed by atoms with E-state index in [0.29, 0.717) is 30.0 Å². The largest absolute Gasteiger partial charge is 0.466 e. The zero-order valence-corrected chi connectivity index (χ0v) is 14.2. The van der Waals surface area contributed by atoms with E-state index in [-0.39, 0.29) is 18.3 Å². The maximum atomic E-state index is 12.0. The van der Waals surface area contributed by atoms with Crippen LogP contribution in [0.4, 0.5) is 5.69 Å². The van der Waals surface area contributed by atoms with Crippen molar-refractivity contribution < 1.29 is 19.1 Å². The standard InChI is InChI=1S/C17H23N3O4/c1-4-6-15(21)18-14-9-7-13(8-10-14)17(23)20-19-12(3)11-16(22)24-5-2/h7-10H,4-6,11H2,1-3H3,(H,18,21)(H,20,23). The van der Waals surface area contributed by atoms with E-state index in [1.807, 2.05) is 6.92 Å². The summed E-state index contributed by atoms with van der Waals surface area (Å²) in [4.78, 5) is 34.8. The average molecular weight is 333 g/mol. The van der Waals surface area contributed by atoms with Gasteiger partial charge < -0.3 is 10.1 Å². The van der Waals surface area contributed by atoms with E-state index in [1.54, 1.807) is 38.1 Å². The fourth-order valence-corrected chi connectivity index (χ4v) is 1.83. The number of esters is 1. The van der Waals surface area contributed by atoms with Crippen molar-refractivity contribution in [2.75, 3.05) is 11.9 Å². The Labute approximate surface area is 141 Å². The molecule has 0 aliphatic carbocycles. The zero-order valence-electron chi connectivity index (χ0n) is 14.2. The number of nitrogens with zero attached hydrogens (tertiary/aromatic N) is 1. The number of carbonyl (C=O) groups excluding carboxylic acids is 3. The number of rotatable bonds is 8. The first-order chi connectivity index (χ1) is 11.5. The first-order valence-electron chi connectivity index (χ1n) is 7.85. The number of hydrogen-bond donors (Lipinski definition) is 2. The Balaban J connectivity index is 2.56. The van der Waals surface area contributed by atoms with Crippen LogP contribution < -0.4 is 10.7 Å². The van der Waals surface area contributed by atoms with Crippen molar-refractivity contribution in [1.82, 2.24) is 5.43 Å². The highest BCUT2D eigenvalue weighted by atomic mass is 16.5. The molecule has 1 aromatic carbocycles. The second kappa shape index (κ2) is 10.1. The van der Waals surface area contributed by atoms with Gasteiger partial charge in [0.25, 0.3) is 5.91 Å². The number of amides is 2. The lowest BCUT2D eigenvalue weighted by atomic mass is 10.2. The Hall–Kier alpha value is -2.70. The number of hydrogen-bond acceptors (Lipinski definition) is 5. The number of hydrazone groups is 1. The van der Waals surface area contributed by atoms with E-state index in [9.17, 15) is 14.4 Å². The highest BCUT2D eigenvalue weighted by Gasteiger charge is 2.08. The topological polar surface area (TPSA) is 96.9 Å². The molecule has 7 nitrogen and oxygen atoms in total. The highest BCUT2D eigenvalue weighted by Crippen LogP contribution is 2.10. The van der Waals surface area contributed by atoms with Crippen LogP contribution in [0.15, 0.2) is 29.4 Å². The molecule has 0 atom stereocenters. The van der Waals surface area contributed by atoms with Crippen molar-refractivity contribution in [2.24, 2.45) is 5.10 Å². The quantitative estimate of drug-likeness (QED) is 0.434. The molecule has 0 saturated carbocycles. The summed E-state index contributed by atoms with van der Waals surface area (Å²) in [5.74, 6) is -0.848. The minimum absolute atomic E-state index is 0.0243. The molecule has 0 aromatic heterocycles. The normalized spacial score (nSPS) is 10.9. The third-order valence-electron chi connectivity index (χ3n) is 2.96. The monoisotopic (exact) mass is 333 g/mol. The van der Waals surface area contributed by atoms with Crippen molar-refractivity contribution in [1.29, 1.82) is 0 Å². The number of nitrogens with one attached hydrogen (secondary N) is 2. The second-order valence-corrected chi connectivity index (χ2v) is 5.15. The minimum Gasteiger partial charge on any atom is -0.466 e. The summed E-state index contributed by atoms with van der Waals surface area (Å²) in [7, 11) is 0. The molecule has 0 unspecified atom stereocenters. The molecular weight excluding hydrogens is 310 g/mol. The molecule has 0 heterocycles. The third-order valence-corrected chi connectivity index (χ3v) is 2.96. The van der Waals surface area contributed by atoms with Crippen LogP contribution in [-0.4, -0.2) is 30.1 Å². The van der Waals surface area contributed by atoms with Crippen LogP contribution in [0.5, 0.6) is 0 Å². The fourth-order valence-electron chi connectivity index (χ4n) is 1.83. The molecule has 7 heteroatoms. The van der Waals surface area contributed by atoms with Gasteiger partial charge in [-0.05, 0) is 44.5 Å². The third kappa shape index (κ3) is 7.04. The maximum Gasteiger partial charge on any atom is 0.311 e. The van der Waals surface area contributed by atoms with E-state index in [1.165, 1.54) is 0 Å². The summed E-state index contributed by atoms with van der Waals surface area (Å²) in [5.41, 5.74) is 3.86. The van der Waals surface area contributed by atoms with E-state index in [4.69, 9.17) is 4.74 Å². The summed E-state index contributed by atoms with van der Waals surface area (Å²) in [6, 6.07) is 6.48. The second-order valence-electron chi connectivity index (χ2n) is 5.15. The van der Waals surface area contributed by atoms with Crippen molar-refractivity contribution >= 4 is 29.2 Å². The van der Waals surface area contributed by atoms with Gasteiger partial charge in [-0.2, -0.15) is 5.10 Å². The van der Waals surface area contributed by atoms with Gasteiger partial charge in [0.2, 0.25) is 5.91 Å². The fraction of sp³-hybridized carbons (Fsp3) is 0.412. The van der Waals surface area contributed by atoms with Gasteiger partial charge in [0.1, 0.15) is 0 Å². The lowest BCUT2D eigenvalue weighted by Gasteiger charge is -2.06. The summed E-state index contributed by atoms with van der Waals surface area (Å²) in [5, 5.41) is 6.61. The Morgan fingerprint density at radius 3 is 2.38 bits per heavy atom. The molecule has 0 saturated heterocycles. The SMILES string of the molecule is CCCC(=O)Nc1ccc(C(=O)NN=C(C)CC(=O)OCC)cc1. The van der Waals surface area contributed by atoms with Crippen molar-refractivity contribution in [3.05, 3.63) is 29.8 Å². The lowest BCUT2D eigenvalue weighted by molar-refractivity contribution is -0.141. The predicted octanol–water partition coefficient (Wildman–Crippen LogP) is 2.48. The van der Waals surface area contributed by atoms with Gasteiger partial charge in [-0.3, -0.25) is 14.4 Å². The maximum absolute atomic E-state index is 12.0. The molecule has 0 bridgehead atoms. The van der Waals surface area contributed by atoms with Crippen LogP contribution in [0.1, 0.15) is 50.4 Å². The predicted molar refractivity (Wildman–Crippen MR) is 91.8 cm³/mol. The molecule has 2 N–H and O–H groups in total. The molecule has 130 valence electrons. The molecule has 0 spiro atoms. The number of carbonyl (C=O) groups is 3. The molecular formula is C17H23N3O4. The van der Waals surface area contributed by atoms with E-state index >= 15 is 0 Å². The minimum atomic E-state index is -0.398. The summed E-state index contributed by atoms with van der Waals surface area (Å²) in [6.07, 6.45) is 1.25. The molecule has 0 radical (unpaired) electrons. The molecule has 24 heavy (non-hydrogen) atoms. The Kier molecular flexibility index (Phi) is 8.18.